The van der Waals surface area contributed by atoms with E-state index in [4.69, 9.17) is 0 Å². The maximum Gasteiger partial charge on any atom is 0.278 e. The molecule has 0 atom stereocenters. The molecule has 1 heterocycles. The second kappa shape index (κ2) is 11.8. The Bertz CT molecular complexity index is 906. The third-order valence-corrected chi connectivity index (χ3v) is 3.89. The summed E-state index contributed by atoms with van der Waals surface area (Å²) in [6, 6.07) is 17.2. The van der Waals surface area contributed by atoms with Crippen LogP contribution in [-0.2, 0) is 39.3 Å². The van der Waals surface area contributed by atoms with Gasteiger partial charge in [0.1, 0.15) is 5.69 Å². The molecule has 3 rings (SSSR count). The Morgan fingerprint density at radius 2 is 1.52 bits per heavy atom. The van der Waals surface area contributed by atoms with Gasteiger partial charge in [0.25, 0.3) is 5.56 Å². The fraction of sp³-hybridized carbons (Fsp3) is 0.227. The summed E-state index contributed by atoms with van der Waals surface area (Å²) in [7, 11) is 0. The first-order valence-corrected chi connectivity index (χ1v) is 8.48. The summed E-state index contributed by atoms with van der Waals surface area (Å²) in [5.41, 5.74) is 3.14. The van der Waals surface area contributed by atoms with Gasteiger partial charge in [-0.2, -0.15) is 5.10 Å². The molecule has 5 heteroatoms. The molecular weight excluding hydrogens is 413 g/mol. The van der Waals surface area contributed by atoms with Crippen LogP contribution in [0.3, 0.4) is 0 Å². The summed E-state index contributed by atoms with van der Waals surface area (Å²) in [6.07, 6.45) is 0. The Hall–Kier alpha value is -1.78. The third kappa shape index (κ3) is 5.85. The predicted octanol–water partition coefficient (Wildman–Crippen LogP) is 4.76. The Labute approximate surface area is 187 Å². The van der Waals surface area contributed by atoms with Crippen molar-refractivity contribution in [3.8, 4) is 16.9 Å². The van der Waals surface area contributed by atoms with Crippen LogP contribution in [0.2, 0.25) is 0 Å². The van der Waals surface area contributed by atoms with E-state index in [9.17, 15) is 9.90 Å². The molecule has 0 amide bonds. The third-order valence-electron chi connectivity index (χ3n) is 3.89. The molecule has 1 aromatic heterocycles. The zero-order valence-corrected chi connectivity index (χ0v) is 19.6. The molecule has 0 unspecified atom stereocenters. The molecule has 0 aliphatic carbocycles. The summed E-state index contributed by atoms with van der Waals surface area (Å²) in [6.45, 7) is 8.00. The number of hydrogen-bond donors (Lipinski definition) is 1. The molecule has 0 spiro atoms. The van der Waals surface area contributed by atoms with Crippen LogP contribution >= 0.6 is 0 Å². The van der Waals surface area contributed by atoms with Crippen LogP contribution < -0.4 is 5.56 Å². The van der Waals surface area contributed by atoms with Crippen molar-refractivity contribution in [3.05, 3.63) is 89.2 Å². The minimum absolute atomic E-state index is 0. The zero-order valence-electron chi connectivity index (χ0n) is 16.7. The van der Waals surface area contributed by atoms with E-state index in [1.165, 1.54) is 4.68 Å². The molecule has 0 fully saturated rings. The first-order chi connectivity index (χ1) is 12.1. The van der Waals surface area contributed by atoms with Crippen molar-refractivity contribution in [2.75, 3.05) is 0 Å². The second-order valence-corrected chi connectivity index (χ2v) is 5.57. The summed E-state index contributed by atoms with van der Waals surface area (Å²) < 4.78 is 1.41. The van der Waals surface area contributed by atoms with Gasteiger partial charge in [-0.1, -0.05) is 68.4 Å². The van der Waals surface area contributed by atoms with Crippen molar-refractivity contribution in [2.24, 2.45) is 0 Å². The quantitative estimate of drug-likeness (QED) is 0.598. The average molecular weight is 440 g/mol. The Balaban J connectivity index is 0.00000164. The molecule has 1 radical (unpaired) electrons. The number of aromatic nitrogens is 2. The monoisotopic (exact) mass is 440 g/mol. The number of nitrogens with zero attached hydrogens (tertiary/aromatic N) is 2. The summed E-state index contributed by atoms with van der Waals surface area (Å²) >= 11 is 0. The van der Waals surface area contributed by atoms with Crippen molar-refractivity contribution in [1.82, 2.24) is 9.78 Å². The van der Waals surface area contributed by atoms with Gasteiger partial charge in [0.2, 0.25) is 0 Å². The summed E-state index contributed by atoms with van der Waals surface area (Å²) in [5, 5.41) is 14.6. The van der Waals surface area contributed by atoms with E-state index in [1.807, 2.05) is 75.4 Å². The van der Waals surface area contributed by atoms with Gasteiger partial charge in [0, 0.05) is 32.7 Å². The maximum atomic E-state index is 12.8. The summed E-state index contributed by atoms with van der Waals surface area (Å²) in [4.78, 5) is 12.8. The topological polar surface area (TPSA) is 55.1 Å². The van der Waals surface area contributed by atoms with Crippen molar-refractivity contribution < 1.29 is 37.8 Å². The fourth-order valence-electron chi connectivity index (χ4n) is 2.64. The minimum atomic E-state index is -0.286. The van der Waals surface area contributed by atoms with Crippen LogP contribution in [0.5, 0.6) is 5.75 Å². The van der Waals surface area contributed by atoms with E-state index in [-0.39, 0.29) is 51.4 Å². The molecule has 3 aromatic rings. The predicted molar refractivity (Wildman–Crippen MR) is 108 cm³/mol. The van der Waals surface area contributed by atoms with E-state index < -0.39 is 0 Å². The molecule has 4 nitrogen and oxygen atoms in total. The summed E-state index contributed by atoms with van der Waals surface area (Å²) in [5.74, 6) is -0.0476. The van der Waals surface area contributed by atoms with Gasteiger partial charge < -0.3 is 12.5 Å². The van der Waals surface area contributed by atoms with Gasteiger partial charge in [-0.3, -0.25) is 4.79 Å². The number of benzene rings is 2. The smallest absolute Gasteiger partial charge is 0.278 e. The Kier molecular flexibility index (Phi) is 11.1. The molecule has 141 valence electrons. The van der Waals surface area contributed by atoms with E-state index in [0.29, 0.717) is 17.8 Å². The van der Waals surface area contributed by atoms with Crippen LogP contribution in [0.15, 0.2) is 59.4 Å². The fourth-order valence-corrected chi connectivity index (χ4v) is 2.64. The first kappa shape index (κ1) is 25.2. The Morgan fingerprint density at radius 1 is 0.963 bits per heavy atom. The van der Waals surface area contributed by atoms with Crippen molar-refractivity contribution in [3.63, 3.8) is 0 Å². The van der Waals surface area contributed by atoms with Crippen molar-refractivity contribution >= 4 is 0 Å². The number of aryl methyl sites for hydroxylation is 2. The molecule has 27 heavy (non-hydrogen) atoms. The zero-order chi connectivity index (χ0) is 18.4. The number of hydrogen-bond acceptors (Lipinski definition) is 3. The molecule has 2 aromatic carbocycles. The van der Waals surface area contributed by atoms with Gasteiger partial charge in [0.05, 0.1) is 12.1 Å². The number of rotatable bonds is 3. The largest absolute Gasteiger partial charge is 0.505 e. The molecular formula is C22H27N2O2Y-. The van der Waals surface area contributed by atoms with E-state index in [2.05, 4.69) is 5.10 Å². The van der Waals surface area contributed by atoms with E-state index >= 15 is 0 Å². The molecule has 0 saturated heterocycles. The molecule has 1 N–H and O–H groups in total. The van der Waals surface area contributed by atoms with Gasteiger partial charge in [0.15, 0.2) is 5.75 Å². The second-order valence-electron chi connectivity index (χ2n) is 5.57. The normalized spacial score (nSPS) is 9.33. The van der Waals surface area contributed by atoms with Crippen LogP contribution in [0.4, 0.5) is 0 Å². The molecule has 0 bridgehead atoms. The van der Waals surface area contributed by atoms with E-state index in [0.717, 1.165) is 16.7 Å². The standard InChI is InChI=1S/C19H18N2O2.C2H6.CH3.Y/c1-13-8-6-7-11-16(13)17-18(22)14(2)20-21(19(17)23)12-15-9-4-3-5-10-15;1-2;;/h3-11,22H,12H2,1-2H3;1-2H3;1H3;/q;;-1;. The van der Waals surface area contributed by atoms with E-state index in [1.54, 1.807) is 6.92 Å². The van der Waals surface area contributed by atoms with Gasteiger partial charge in [-0.15, -0.1) is 0 Å². The van der Waals surface area contributed by atoms with Gasteiger partial charge in [-0.05, 0) is 30.5 Å². The van der Waals surface area contributed by atoms with Crippen molar-refractivity contribution in [1.29, 1.82) is 0 Å². The Morgan fingerprint density at radius 3 is 2.11 bits per heavy atom. The molecule has 0 saturated carbocycles. The van der Waals surface area contributed by atoms with Crippen LogP contribution in [0.25, 0.3) is 11.1 Å². The average Bonchev–Trinajstić information content (AvgIpc) is 2.64. The van der Waals surface area contributed by atoms with Crippen LogP contribution in [0.1, 0.15) is 30.7 Å². The SMILES string of the molecule is CC.Cc1ccccc1-c1c(O)c(C)nn(Cc2ccccc2)c1=O.[CH3-].[Y]. The minimum Gasteiger partial charge on any atom is -0.505 e. The van der Waals surface area contributed by atoms with Gasteiger partial charge >= 0.3 is 0 Å². The molecule has 0 aliphatic rings. The number of aromatic hydroxyl groups is 1. The van der Waals surface area contributed by atoms with Crippen LogP contribution in [0, 0.1) is 21.3 Å². The van der Waals surface area contributed by atoms with Crippen molar-refractivity contribution in [2.45, 2.75) is 34.2 Å². The van der Waals surface area contributed by atoms with Crippen LogP contribution in [-0.4, -0.2) is 14.9 Å². The first-order valence-electron chi connectivity index (χ1n) is 8.48. The molecule has 0 aliphatic heterocycles. The maximum absolute atomic E-state index is 12.8. The van der Waals surface area contributed by atoms with Gasteiger partial charge in [-0.25, -0.2) is 4.68 Å².